The van der Waals surface area contributed by atoms with Gasteiger partial charge in [0.15, 0.2) is 5.65 Å². The van der Waals surface area contributed by atoms with Crippen LogP contribution in [-0.4, -0.2) is 39.8 Å². The van der Waals surface area contributed by atoms with Crippen LogP contribution in [0.4, 0.5) is 0 Å². The first kappa shape index (κ1) is 20.5. The number of rotatable bonds is 6. The summed E-state index contributed by atoms with van der Waals surface area (Å²) in [5.41, 5.74) is 2.62. The molecule has 29 heavy (non-hydrogen) atoms. The summed E-state index contributed by atoms with van der Waals surface area (Å²) in [6.45, 7) is 7.73. The van der Waals surface area contributed by atoms with Crippen molar-refractivity contribution in [3.63, 3.8) is 0 Å². The van der Waals surface area contributed by atoms with E-state index in [-0.39, 0.29) is 17.9 Å². The van der Waals surface area contributed by atoms with Crippen LogP contribution in [0, 0.1) is 5.92 Å². The van der Waals surface area contributed by atoms with Gasteiger partial charge < -0.3 is 10.1 Å². The number of carbonyl (C=O) groups is 2. The molecule has 0 radical (unpaired) electrons. The summed E-state index contributed by atoms with van der Waals surface area (Å²) < 4.78 is 6.63. The highest BCUT2D eigenvalue weighted by molar-refractivity contribution is 6.07. The number of nitrogens with zero attached hydrogens (tertiary/aromatic N) is 3. The number of benzene rings is 1. The normalized spacial score (nSPS) is 12.4. The van der Waals surface area contributed by atoms with Crippen LogP contribution >= 0.6 is 0 Å². The molecule has 0 aliphatic heterocycles. The number of pyridine rings is 1. The predicted octanol–water partition coefficient (Wildman–Crippen LogP) is 3.61. The molecule has 3 aromatic rings. The number of hydrogen-bond acceptors (Lipinski definition) is 5. The lowest BCUT2D eigenvalue weighted by atomic mass is 10.0. The summed E-state index contributed by atoms with van der Waals surface area (Å²) in [4.78, 5) is 30.0. The number of esters is 1. The molecule has 3 rings (SSSR count). The average molecular weight is 394 g/mol. The lowest BCUT2D eigenvalue weighted by molar-refractivity contribution is -0.144. The highest BCUT2D eigenvalue weighted by Crippen LogP contribution is 2.26. The summed E-state index contributed by atoms with van der Waals surface area (Å²) in [6, 6.07) is 10.7. The Kier molecular flexibility index (Phi) is 5.96. The molecule has 0 unspecified atom stereocenters. The van der Waals surface area contributed by atoms with Crippen molar-refractivity contribution in [1.82, 2.24) is 20.1 Å². The Morgan fingerprint density at radius 2 is 1.79 bits per heavy atom. The third-order valence-electron chi connectivity index (χ3n) is 4.78. The van der Waals surface area contributed by atoms with Crippen molar-refractivity contribution in [1.29, 1.82) is 0 Å². The largest absolute Gasteiger partial charge is 0.467 e. The molecule has 0 bridgehead atoms. The van der Waals surface area contributed by atoms with Crippen molar-refractivity contribution in [2.75, 3.05) is 7.11 Å². The van der Waals surface area contributed by atoms with E-state index in [0.717, 1.165) is 5.56 Å². The zero-order chi connectivity index (χ0) is 21.1. The molecule has 0 aliphatic rings. The van der Waals surface area contributed by atoms with E-state index in [4.69, 9.17) is 9.72 Å². The first-order valence-corrected chi connectivity index (χ1v) is 9.65. The summed E-state index contributed by atoms with van der Waals surface area (Å²) >= 11 is 0. The zero-order valence-corrected chi connectivity index (χ0v) is 17.3. The molecule has 0 spiro atoms. The molecular weight excluding hydrogens is 368 g/mol. The van der Waals surface area contributed by atoms with E-state index in [1.165, 1.54) is 7.11 Å². The number of aromatic nitrogens is 3. The topological polar surface area (TPSA) is 86.1 Å². The van der Waals surface area contributed by atoms with Crippen molar-refractivity contribution in [3.8, 4) is 11.3 Å². The lowest BCUT2D eigenvalue weighted by Crippen LogP contribution is -2.45. The van der Waals surface area contributed by atoms with Crippen LogP contribution in [0.25, 0.3) is 22.3 Å². The van der Waals surface area contributed by atoms with Crippen molar-refractivity contribution >= 4 is 22.9 Å². The fourth-order valence-electron chi connectivity index (χ4n) is 3.18. The number of fused-ring (bicyclic) bond motifs is 1. The van der Waals surface area contributed by atoms with Gasteiger partial charge in [-0.1, -0.05) is 44.2 Å². The van der Waals surface area contributed by atoms with Crippen molar-refractivity contribution < 1.29 is 14.3 Å². The second kappa shape index (κ2) is 8.43. The molecule has 0 fully saturated rings. The van der Waals surface area contributed by atoms with Gasteiger partial charge in [-0.25, -0.2) is 14.5 Å². The van der Waals surface area contributed by atoms with Gasteiger partial charge in [-0.05, 0) is 25.8 Å². The minimum absolute atomic E-state index is 0.0837. The Labute approximate surface area is 170 Å². The van der Waals surface area contributed by atoms with Crippen LogP contribution in [0.5, 0.6) is 0 Å². The summed E-state index contributed by atoms with van der Waals surface area (Å²) in [5, 5.41) is 7.88. The molecule has 1 N–H and O–H groups in total. The minimum Gasteiger partial charge on any atom is -0.467 e. The monoisotopic (exact) mass is 394 g/mol. The van der Waals surface area contributed by atoms with Crippen LogP contribution < -0.4 is 5.32 Å². The Morgan fingerprint density at radius 3 is 2.38 bits per heavy atom. The molecule has 1 amide bonds. The van der Waals surface area contributed by atoms with Crippen molar-refractivity contribution in [2.45, 2.75) is 39.8 Å². The minimum atomic E-state index is -0.740. The molecule has 0 saturated heterocycles. The quantitative estimate of drug-likeness (QED) is 0.646. The second-order valence-corrected chi connectivity index (χ2v) is 7.56. The first-order chi connectivity index (χ1) is 13.8. The van der Waals surface area contributed by atoms with Gasteiger partial charge in [-0.2, -0.15) is 5.10 Å². The molecule has 152 valence electrons. The Hall–Kier alpha value is -3.22. The van der Waals surface area contributed by atoms with E-state index < -0.39 is 12.0 Å². The standard InChI is InChI=1S/C22H26N4O3/c1-13(2)19(22(28)29-5)25-21(27)16-11-18(15-9-7-6-8-10-15)24-20-17(16)12-23-26(20)14(3)4/h6-14,19H,1-5H3,(H,25,27)/t19-/m0/s1. The maximum Gasteiger partial charge on any atom is 0.328 e. The van der Waals surface area contributed by atoms with Gasteiger partial charge >= 0.3 is 5.97 Å². The molecule has 2 aromatic heterocycles. The molecule has 0 aliphatic carbocycles. The molecule has 7 nitrogen and oxygen atoms in total. The third kappa shape index (κ3) is 4.13. The third-order valence-corrected chi connectivity index (χ3v) is 4.78. The molecular formula is C22H26N4O3. The second-order valence-electron chi connectivity index (χ2n) is 7.56. The van der Waals surface area contributed by atoms with E-state index in [0.29, 0.717) is 22.3 Å². The van der Waals surface area contributed by atoms with E-state index in [1.54, 1.807) is 16.9 Å². The zero-order valence-electron chi connectivity index (χ0n) is 17.3. The summed E-state index contributed by atoms with van der Waals surface area (Å²) in [6.07, 6.45) is 1.65. The molecule has 7 heteroatoms. The average Bonchev–Trinajstić information content (AvgIpc) is 3.15. The van der Waals surface area contributed by atoms with E-state index in [9.17, 15) is 9.59 Å². The van der Waals surface area contributed by atoms with Crippen molar-refractivity contribution in [3.05, 3.63) is 48.2 Å². The van der Waals surface area contributed by atoms with Crippen LogP contribution in [0.2, 0.25) is 0 Å². The Bertz CT molecular complexity index is 1030. The van der Waals surface area contributed by atoms with Gasteiger partial charge in [0.2, 0.25) is 0 Å². The van der Waals surface area contributed by atoms with Gasteiger partial charge in [-0.15, -0.1) is 0 Å². The fourth-order valence-corrected chi connectivity index (χ4v) is 3.18. The van der Waals surface area contributed by atoms with Gasteiger partial charge in [0, 0.05) is 11.6 Å². The van der Waals surface area contributed by atoms with Gasteiger partial charge in [-0.3, -0.25) is 4.79 Å². The molecule has 1 aromatic carbocycles. The van der Waals surface area contributed by atoms with Crippen LogP contribution in [0.1, 0.15) is 44.1 Å². The number of ether oxygens (including phenoxy) is 1. The number of methoxy groups -OCH3 is 1. The number of carbonyl (C=O) groups excluding carboxylic acids is 2. The van der Waals surface area contributed by atoms with Crippen LogP contribution in [0.3, 0.4) is 0 Å². The summed E-state index contributed by atoms with van der Waals surface area (Å²) in [7, 11) is 1.31. The Morgan fingerprint density at radius 1 is 1.10 bits per heavy atom. The maximum absolute atomic E-state index is 13.2. The fraction of sp³-hybridized carbons (Fsp3) is 0.364. The van der Waals surface area contributed by atoms with Gasteiger partial charge in [0.05, 0.1) is 30.0 Å². The van der Waals surface area contributed by atoms with Crippen LogP contribution in [0.15, 0.2) is 42.6 Å². The first-order valence-electron chi connectivity index (χ1n) is 9.65. The lowest BCUT2D eigenvalue weighted by Gasteiger charge is -2.20. The highest BCUT2D eigenvalue weighted by Gasteiger charge is 2.27. The smallest absolute Gasteiger partial charge is 0.328 e. The Balaban J connectivity index is 2.13. The molecule has 2 heterocycles. The van der Waals surface area contributed by atoms with Gasteiger partial charge in [0.1, 0.15) is 6.04 Å². The summed E-state index contributed by atoms with van der Waals surface area (Å²) in [5.74, 6) is -0.947. The highest BCUT2D eigenvalue weighted by atomic mass is 16.5. The predicted molar refractivity (Wildman–Crippen MR) is 111 cm³/mol. The molecule has 1 atom stereocenters. The number of nitrogens with one attached hydrogen (secondary N) is 1. The SMILES string of the molecule is COC(=O)[C@@H](NC(=O)c1cc(-c2ccccc2)nc2c1cnn2C(C)C)C(C)C. The number of hydrogen-bond donors (Lipinski definition) is 1. The number of amides is 1. The molecule has 0 saturated carbocycles. The van der Waals surface area contributed by atoms with Crippen molar-refractivity contribution in [2.24, 2.45) is 5.92 Å². The van der Waals surface area contributed by atoms with E-state index >= 15 is 0 Å². The maximum atomic E-state index is 13.2. The van der Waals surface area contributed by atoms with Gasteiger partial charge in [0.25, 0.3) is 5.91 Å². The van der Waals surface area contributed by atoms with E-state index in [2.05, 4.69) is 10.4 Å². The van der Waals surface area contributed by atoms with E-state index in [1.807, 2.05) is 58.0 Å². The van der Waals surface area contributed by atoms with Crippen LogP contribution in [-0.2, 0) is 9.53 Å².